The minimum Gasteiger partial charge on any atom is -0.363 e. The largest absolute Gasteiger partial charge is 0.363 e. The lowest BCUT2D eigenvalue weighted by Crippen LogP contribution is -2.06. The van der Waals surface area contributed by atoms with Gasteiger partial charge in [0.1, 0.15) is 17.5 Å². The van der Waals surface area contributed by atoms with Crippen molar-refractivity contribution in [3.63, 3.8) is 0 Å². The van der Waals surface area contributed by atoms with Crippen LogP contribution in [0.3, 0.4) is 0 Å². The summed E-state index contributed by atoms with van der Waals surface area (Å²) in [5.74, 6) is 3.09. The van der Waals surface area contributed by atoms with E-state index in [1.807, 2.05) is 25.1 Å². The van der Waals surface area contributed by atoms with E-state index in [9.17, 15) is 0 Å². The molecule has 0 unspecified atom stereocenters. The van der Waals surface area contributed by atoms with Crippen molar-refractivity contribution in [2.24, 2.45) is 0 Å². The Morgan fingerprint density at radius 1 is 1.13 bits per heavy atom. The molecule has 3 aromatic heterocycles. The molecule has 0 aliphatic heterocycles. The van der Waals surface area contributed by atoms with Crippen LogP contribution in [-0.2, 0) is 13.0 Å². The average molecular weight is 309 g/mol. The van der Waals surface area contributed by atoms with Crippen molar-refractivity contribution in [2.45, 2.75) is 33.2 Å². The first-order valence-electron chi connectivity index (χ1n) is 7.64. The number of nitrogens with one attached hydrogen (secondary N) is 2. The third-order valence-electron chi connectivity index (χ3n) is 3.28. The second-order valence-corrected chi connectivity index (χ2v) is 5.26. The highest BCUT2D eigenvalue weighted by Gasteiger charge is 2.06. The molecule has 3 aromatic rings. The topological polar surface area (TPSA) is 92.3 Å². The standard InChI is InChI=1S/C16H19N7/c1-3-4-13-19-11(2)9-14(20-13)18-10-15-21-16(23-22-15)12-5-7-17-8-6-12/h5-9H,3-4,10H2,1-2H3,(H,18,19,20)(H,21,22,23). The minimum absolute atomic E-state index is 0.528. The number of H-pyrrole nitrogens is 1. The normalized spacial score (nSPS) is 10.7. The van der Waals surface area contributed by atoms with Gasteiger partial charge in [-0.05, 0) is 25.5 Å². The van der Waals surface area contributed by atoms with E-state index in [2.05, 4.69) is 42.4 Å². The van der Waals surface area contributed by atoms with E-state index < -0.39 is 0 Å². The van der Waals surface area contributed by atoms with Crippen LogP contribution in [0.2, 0.25) is 0 Å². The van der Waals surface area contributed by atoms with E-state index in [4.69, 9.17) is 0 Å². The maximum absolute atomic E-state index is 4.51. The molecule has 7 nitrogen and oxygen atoms in total. The molecule has 23 heavy (non-hydrogen) atoms. The summed E-state index contributed by atoms with van der Waals surface area (Å²) in [5.41, 5.74) is 1.90. The monoisotopic (exact) mass is 309 g/mol. The Kier molecular flexibility index (Phi) is 4.56. The molecule has 3 heterocycles. The van der Waals surface area contributed by atoms with Crippen molar-refractivity contribution in [1.82, 2.24) is 30.1 Å². The zero-order valence-electron chi connectivity index (χ0n) is 13.2. The lowest BCUT2D eigenvalue weighted by molar-refractivity contribution is 0.822. The Balaban J connectivity index is 1.68. The van der Waals surface area contributed by atoms with Gasteiger partial charge in [0.15, 0.2) is 5.82 Å². The van der Waals surface area contributed by atoms with Gasteiger partial charge in [-0.3, -0.25) is 10.1 Å². The van der Waals surface area contributed by atoms with Crippen LogP contribution in [-0.4, -0.2) is 30.1 Å². The van der Waals surface area contributed by atoms with Gasteiger partial charge in [-0.2, -0.15) is 5.10 Å². The summed E-state index contributed by atoms with van der Waals surface area (Å²) in [5, 5.41) is 10.4. The molecule has 0 spiro atoms. The van der Waals surface area contributed by atoms with E-state index in [1.54, 1.807) is 12.4 Å². The van der Waals surface area contributed by atoms with Crippen molar-refractivity contribution in [2.75, 3.05) is 5.32 Å². The molecule has 3 rings (SSSR count). The van der Waals surface area contributed by atoms with Crippen LogP contribution >= 0.6 is 0 Å². The SMILES string of the molecule is CCCc1nc(C)cc(NCc2nc(-c3ccncc3)n[nH]2)n1. The molecule has 0 saturated carbocycles. The smallest absolute Gasteiger partial charge is 0.181 e. The van der Waals surface area contributed by atoms with E-state index in [1.165, 1.54) is 0 Å². The number of nitrogens with zero attached hydrogens (tertiary/aromatic N) is 5. The Bertz CT molecular complexity index is 767. The molecule has 0 aromatic carbocycles. The van der Waals surface area contributed by atoms with Crippen LogP contribution in [0.25, 0.3) is 11.4 Å². The number of hydrogen-bond acceptors (Lipinski definition) is 6. The number of aromatic nitrogens is 6. The maximum Gasteiger partial charge on any atom is 0.181 e. The molecule has 7 heteroatoms. The molecule has 0 bridgehead atoms. The van der Waals surface area contributed by atoms with Crippen LogP contribution in [0.4, 0.5) is 5.82 Å². The van der Waals surface area contributed by atoms with Gasteiger partial charge in [0, 0.05) is 36.1 Å². The van der Waals surface area contributed by atoms with Crippen LogP contribution in [0.15, 0.2) is 30.6 Å². The highest BCUT2D eigenvalue weighted by Crippen LogP contribution is 2.13. The van der Waals surface area contributed by atoms with Gasteiger partial charge < -0.3 is 5.32 Å². The zero-order valence-corrected chi connectivity index (χ0v) is 13.2. The third-order valence-corrected chi connectivity index (χ3v) is 3.28. The Hall–Kier alpha value is -2.83. The summed E-state index contributed by atoms with van der Waals surface area (Å²) in [6, 6.07) is 5.69. The summed E-state index contributed by atoms with van der Waals surface area (Å²) in [6.07, 6.45) is 5.36. The second kappa shape index (κ2) is 6.95. The summed E-state index contributed by atoms with van der Waals surface area (Å²) in [7, 11) is 0. The molecule has 0 saturated heterocycles. The first kappa shape index (κ1) is 15.1. The van der Waals surface area contributed by atoms with Gasteiger partial charge in [-0.25, -0.2) is 15.0 Å². The molecular formula is C16H19N7. The number of aryl methyl sites for hydroxylation is 2. The predicted octanol–water partition coefficient (Wildman–Crippen LogP) is 2.53. The Labute approximate surface area is 134 Å². The van der Waals surface area contributed by atoms with Crippen LogP contribution < -0.4 is 5.32 Å². The highest BCUT2D eigenvalue weighted by atomic mass is 15.2. The first-order chi connectivity index (χ1) is 11.2. The third kappa shape index (κ3) is 3.88. The second-order valence-electron chi connectivity index (χ2n) is 5.26. The molecule has 0 aliphatic rings. The van der Waals surface area contributed by atoms with Gasteiger partial charge in [0.2, 0.25) is 0 Å². The van der Waals surface area contributed by atoms with E-state index in [0.717, 1.165) is 41.6 Å². The number of pyridine rings is 1. The van der Waals surface area contributed by atoms with Crippen molar-refractivity contribution in [3.8, 4) is 11.4 Å². The van der Waals surface area contributed by atoms with Gasteiger partial charge in [-0.1, -0.05) is 6.92 Å². The Morgan fingerprint density at radius 2 is 1.96 bits per heavy atom. The zero-order chi connectivity index (χ0) is 16.1. The molecule has 0 aliphatic carbocycles. The number of aromatic amines is 1. The van der Waals surface area contributed by atoms with Gasteiger partial charge in [0.25, 0.3) is 0 Å². The van der Waals surface area contributed by atoms with Gasteiger partial charge >= 0.3 is 0 Å². The fraction of sp³-hybridized carbons (Fsp3) is 0.312. The van der Waals surface area contributed by atoms with Crippen LogP contribution in [0, 0.1) is 6.92 Å². The minimum atomic E-state index is 0.528. The molecule has 0 atom stereocenters. The van der Waals surface area contributed by atoms with E-state index in [0.29, 0.717) is 12.4 Å². The summed E-state index contributed by atoms with van der Waals surface area (Å²) in [4.78, 5) is 17.4. The van der Waals surface area contributed by atoms with Crippen LogP contribution in [0.5, 0.6) is 0 Å². The van der Waals surface area contributed by atoms with Crippen molar-refractivity contribution in [1.29, 1.82) is 0 Å². The predicted molar refractivity (Wildman–Crippen MR) is 87.7 cm³/mol. The summed E-state index contributed by atoms with van der Waals surface area (Å²) >= 11 is 0. The molecule has 0 amide bonds. The fourth-order valence-electron chi connectivity index (χ4n) is 2.23. The van der Waals surface area contributed by atoms with Crippen molar-refractivity contribution >= 4 is 5.82 Å². The van der Waals surface area contributed by atoms with Crippen LogP contribution in [0.1, 0.15) is 30.7 Å². The van der Waals surface area contributed by atoms with Gasteiger partial charge in [-0.15, -0.1) is 0 Å². The maximum atomic E-state index is 4.51. The lowest BCUT2D eigenvalue weighted by atomic mass is 10.2. The molecule has 0 fully saturated rings. The number of anilines is 1. The average Bonchev–Trinajstić information content (AvgIpc) is 3.03. The highest BCUT2D eigenvalue weighted by molar-refractivity contribution is 5.53. The fourth-order valence-corrected chi connectivity index (χ4v) is 2.23. The number of rotatable bonds is 6. The summed E-state index contributed by atoms with van der Waals surface area (Å²) in [6.45, 7) is 4.62. The number of hydrogen-bond donors (Lipinski definition) is 2. The molecule has 2 N–H and O–H groups in total. The Morgan fingerprint density at radius 3 is 2.74 bits per heavy atom. The lowest BCUT2D eigenvalue weighted by Gasteiger charge is -2.06. The van der Waals surface area contributed by atoms with E-state index >= 15 is 0 Å². The van der Waals surface area contributed by atoms with Crippen molar-refractivity contribution < 1.29 is 0 Å². The summed E-state index contributed by atoms with van der Waals surface area (Å²) < 4.78 is 0. The van der Waals surface area contributed by atoms with E-state index in [-0.39, 0.29) is 0 Å². The molecular weight excluding hydrogens is 290 g/mol. The first-order valence-corrected chi connectivity index (χ1v) is 7.64. The quantitative estimate of drug-likeness (QED) is 0.727. The molecule has 118 valence electrons. The van der Waals surface area contributed by atoms with Gasteiger partial charge in [0.05, 0.1) is 6.54 Å². The van der Waals surface area contributed by atoms with Crippen molar-refractivity contribution in [3.05, 3.63) is 47.9 Å². The molecule has 0 radical (unpaired) electrons.